The van der Waals surface area contributed by atoms with E-state index in [0.29, 0.717) is 0 Å². The van der Waals surface area contributed by atoms with Crippen LogP contribution in [0.4, 0.5) is 0 Å². The van der Waals surface area contributed by atoms with Gasteiger partial charge in [0.25, 0.3) is 0 Å². The molecule has 0 aromatic rings. The second-order valence-corrected chi connectivity index (χ2v) is 0. The minimum atomic E-state index is 0. The first-order valence-corrected chi connectivity index (χ1v) is 0. The van der Waals surface area contributed by atoms with Crippen LogP contribution in [0.5, 0.6) is 0 Å². The van der Waals surface area contributed by atoms with Crippen LogP contribution in [-0.4, -0.2) is 72.3 Å². The second kappa shape index (κ2) is 33.7. The van der Waals surface area contributed by atoms with Crippen molar-refractivity contribution in [3.63, 3.8) is 0 Å². The summed E-state index contributed by atoms with van der Waals surface area (Å²) in [5, 5.41) is 0. The number of hydrogen-bond donors (Lipinski definition) is 0. The van der Waals surface area contributed by atoms with E-state index in [1.807, 2.05) is 0 Å². The Morgan fingerprint density at radius 2 is 0.600 bits per heavy atom. The van der Waals surface area contributed by atoms with Gasteiger partial charge in [0.2, 0.25) is 0 Å². The first kappa shape index (κ1) is 55.3. The van der Waals surface area contributed by atoms with Crippen molar-refractivity contribution in [2.24, 2.45) is 0 Å². The van der Waals surface area contributed by atoms with Crippen LogP contribution in [0.2, 0.25) is 0 Å². The molecule has 0 spiro atoms. The van der Waals surface area contributed by atoms with Crippen LogP contribution in [-0.2, 0) is 0 Å². The van der Waals surface area contributed by atoms with Gasteiger partial charge in [-0.25, -0.2) is 0 Å². The third kappa shape index (κ3) is 22.2. The van der Waals surface area contributed by atoms with Crippen molar-refractivity contribution in [2.75, 3.05) is 0 Å². The topological polar surface area (TPSA) is 0 Å². The fourth-order valence-electron chi connectivity index (χ4n) is 0. The smallest absolute Gasteiger partial charge is 1.00 e. The van der Waals surface area contributed by atoms with Gasteiger partial charge >= 0.3 is 72.3 Å². The van der Waals surface area contributed by atoms with Gasteiger partial charge < -0.3 is 9.41 Å². The molecule has 0 N–H and O–H groups in total. The van der Waals surface area contributed by atoms with E-state index in [1.54, 1.807) is 0 Å². The summed E-state index contributed by atoms with van der Waals surface area (Å²) in [5.74, 6) is 0. The minimum absolute atomic E-state index is 0. The normalized spacial score (nSPS) is 0. The predicted molar refractivity (Wildman–Crippen MR) is 17.3 cm³/mol. The van der Waals surface area contributed by atoms with Crippen LogP contribution in [0.3, 0.4) is 0 Å². The minimum Gasteiger partial charge on any atom is -1.00 e. The zero-order chi connectivity index (χ0) is 0. The zero-order valence-corrected chi connectivity index (χ0v) is 8.92. The van der Waals surface area contributed by atoms with Crippen molar-refractivity contribution in [3.8, 4) is 0 Å². The zero-order valence-electron chi connectivity index (χ0n) is 2.62. The number of rotatable bonds is 0. The number of halogens is 2. The molecule has 5 heteroatoms. The monoisotopic (exact) mass is 295 g/mol. The second-order valence-electron chi connectivity index (χ2n) is 0. The fraction of sp³-hybridized carbons (Fsp3) is 0. The first-order valence-electron chi connectivity index (χ1n) is 0. The summed E-state index contributed by atoms with van der Waals surface area (Å²) in [6, 6.07) is 0. The molecule has 0 rings (SSSR count). The van der Waals surface area contributed by atoms with Gasteiger partial charge in [0, 0.05) is 0 Å². The molecule has 2 radical (unpaired) electrons. The van der Waals surface area contributed by atoms with Gasteiger partial charge in [0.1, 0.15) is 0 Å². The van der Waals surface area contributed by atoms with Crippen LogP contribution in [0.15, 0.2) is 0 Å². The van der Waals surface area contributed by atoms with E-state index in [1.165, 1.54) is 0 Å². The van der Waals surface area contributed by atoms with Gasteiger partial charge in [-0.15, -0.1) is 0 Å². The summed E-state index contributed by atoms with van der Waals surface area (Å²) >= 11 is 0. The van der Waals surface area contributed by atoms with Gasteiger partial charge in [-0.2, -0.15) is 0 Å². The Hall–Kier alpha value is 2.28. The van der Waals surface area contributed by atoms with E-state index < -0.39 is 0 Å². The van der Waals surface area contributed by atoms with Crippen molar-refractivity contribution in [2.45, 2.75) is 0 Å². The maximum atomic E-state index is 0. The van der Waals surface area contributed by atoms with Crippen molar-refractivity contribution in [1.82, 2.24) is 0 Å². The van der Waals surface area contributed by atoms with Crippen molar-refractivity contribution >= 4 is 72.3 Å². The molecule has 0 saturated heterocycles. The molecule has 0 atom stereocenters. The molecular weight excluding hydrogens is 296 g/mol. The SMILES string of the molecule is [Bi+3].[F-].[F-].[Mg+2].[Mg+2]. The summed E-state index contributed by atoms with van der Waals surface area (Å²) in [6.45, 7) is 0. The Morgan fingerprint density at radius 1 is 0.600 bits per heavy atom. The van der Waals surface area contributed by atoms with Gasteiger partial charge in [0.15, 0.2) is 0 Å². The fourth-order valence-corrected chi connectivity index (χ4v) is 0. The number of hydrogen-bond acceptors (Lipinski definition) is 0. The first-order chi connectivity index (χ1) is 0. The van der Waals surface area contributed by atoms with Crippen LogP contribution < -0.4 is 9.41 Å². The summed E-state index contributed by atoms with van der Waals surface area (Å²) in [5.41, 5.74) is 0. The maximum Gasteiger partial charge on any atom is 3.00 e. The molecule has 0 nitrogen and oxygen atoms in total. The van der Waals surface area contributed by atoms with E-state index >= 15 is 0 Å². The molecule has 5 heavy (non-hydrogen) atoms. The molecule has 0 amide bonds. The molecule has 0 aliphatic carbocycles. The molecule has 0 heterocycles. The van der Waals surface area contributed by atoms with E-state index in [4.69, 9.17) is 0 Å². The summed E-state index contributed by atoms with van der Waals surface area (Å²) < 4.78 is 0. The Kier molecular flexibility index (Phi) is 373. The molecule has 0 aliphatic rings. The Bertz CT molecular complexity index is 7.61. The van der Waals surface area contributed by atoms with E-state index in [9.17, 15) is 0 Å². The van der Waals surface area contributed by atoms with Crippen molar-refractivity contribution in [3.05, 3.63) is 0 Å². The van der Waals surface area contributed by atoms with Crippen molar-refractivity contribution < 1.29 is 9.41 Å². The van der Waals surface area contributed by atoms with Crippen LogP contribution in [0, 0.1) is 0 Å². The summed E-state index contributed by atoms with van der Waals surface area (Å²) in [7, 11) is 0. The standard InChI is InChI=1S/Bi.2FH.2Mg/h;2*1H;;/q+3;;;2*+2/p-2. The summed E-state index contributed by atoms with van der Waals surface area (Å²) in [6.07, 6.45) is 0. The molecule has 0 fully saturated rings. The van der Waals surface area contributed by atoms with Gasteiger partial charge in [0.05, 0.1) is 0 Å². The van der Waals surface area contributed by atoms with E-state index in [2.05, 4.69) is 0 Å². The molecule has 0 unspecified atom stereocenters. The average molecular weight is 296 g/mol. The Labute approximate surface area is 80.6 Å². The predicted octanol–water partition coefficient (Wildman–Crippen LogP) is -7.13. The Morgan fingerprint density at radius 3 is 0.600 bits per heavy atom. The van der Waals surface area contributed by atoms with E-state index in [-0.39, 0.29) is 81.7 Å². The molecule has 0 aliphatic heterocycles. The third-order valence-corrected chi connectivity index (χ3v) is 0. The molecule has 0 aromatic heterocycles. The Balaban J connectivity index is 0. The quantitative estimate of drug-likeness (QED) is 0.390. The largest absolute Gasteiger partial charge is 3.00 e. The molecular formula is BiF2Mg2+5. The van der Waals surface area contributed by atoms with Gasteiger partial charge in [-0.05, 0) is 0 Å². The summed E-state index contributed by atoms with van der Waals surface area (Å²) in [4.78, 5) is 0. The van der Waals surface area contributed by atoms with E-state index in [0.717, 1.165) is 0 Å². The molecule has 0 bridgehead atoms. The van der Waals surface area contributed by atoms with Gasteiger partial charge in [-0.1, -0.05) is 0 Å². The maximum absolute atomic E-state index is 0. The van der Waals surface area contributed by atoms with Crippen LogP contribution in [0.1, 0.15) is 0 Å². The van der Waals surface area contributed by atoms with Gasteiger partial charge in [-0.3, -0.25) is 0 Å². The molecule has 0 saturated carbocycles. The molecule has 18 valence electrons. The van der Waals surface area contributed by atoms with Crippen LogP contribution >= 0.6 is 0 Å². The average Bonchev–Trinajstić information content (AvgIpc) is 0. The third-order valence-electron chi connectivity index (χ3n) is 0. The molecule has 0 aromatic carbocycles. The van der Waals surface area contributed by atoms with Crippen LogP contribution in [0.25, 0.3) is 0 Å². The van der Waals surface area contributed by atoms with Crippen molar-refractivity contribution in [1.29, 1.82) is 0 Å².